The van der Waals surface area contributed by atoms with E-state index >= 15 is 0 Å². The zero-order chi connectivity index (χ0) is 13.0. The van der Waals surface area contributed by atoms with Gasteiger partial charge in [-0.2, -0.15) is 0 Å². The molecule has 0 amide bonds. The lowest BCUT2D eigenvalue weighted by Gasteiger charge is -2.14. The van der Waals surface area contributed by atoms with Crippen LogP contribution in [-0.4, -0.2) is 11.7 Å². The Morgan fingerprint density at radius 1 is 1.11 bits per heavy atom. The molecule has 1 atom stereocenters. The summed E-state index contributed by atoms with van der Waals surface area (Å²) >= 11 is 0. The third-order valence-electron chi connectivity index (χ3n) is 2.81. The molecule has 3 N–H and O–H groups in total. The number of aliphatic hydroxyl groups is 1. The number of hydrogen-bond acceptors (Lipinski definition) is 3. The summed E-state index contributed by atoms with van der Waals surface area (Å²) in [4.78, 5) is 0. The molecule has 0 heterocycles. The topological polar surface area (TPSA) is 55.5 Å². The van der Waals surface area contributed by atoms with Gasteiger partial charge in [0.25, 0.3) is 0 Å². The highest BCUT2D eigenvalue weighted by atomic mass is 16.5. The zero-order valence-corrected chi connectivity index (χ0v) is 10.3. The van der Waals surface area contributed by atoms with Crippen molar-refractivity contribution < 1.29 is 9.84 Å². The zero-order valence-electron chi connectivity index (χ0n) is 10.3. The van der Waals surface area contributed by atoms with Gasteiger partial charge in [0.2, 0.25) is 0 Å². The number of hydrogen-bond donors (Lipinski definition) is 2. The maximum atomic E-state index is 10.00. The summed E-state index contributed by atoms with van der Waals surface area (Å²) in [5, 5.41) is 10.00. The molecule has 18 heavy (non-hydrogen) atoms. The van der Waals surface area contributed by atoms with E-state index in [1.807, 2.05) is 31.2 Å². The average molecular weight is 243 g/mol. The van der Waals surface area contributed by atoms with Crippen LogP contribution in [0.15, 0.2) is 48.5 Å². The normalized spacial score (nSPS) is 12.1. The van der Waals surface area contributed by atoms with Crippen molar-refractivity contribution in [2.24, 2.45) is 0 Å². The van der Waals surface area contributed by atoms with Crippen molar-refractivity contribution in [1.82, 2.24) is 0 Å². The molecule has 2 aromatic carbocycles. The van der Waals surface area contributed by atoms with Crippen LogP contribution in [0.1, 0.15) is 17.2 Å². The van der Waals surface area contributed by atoms with Crippen LogP contribution < -0.4 is 10.5 Å². The minimum atomic E-state index is -0.648. The molecule has 0 fully saturated rings. The highest BCUT2D eigenvalue weighted by molar-refractivity contribution is 5.40. The monoisotopic (exact) mass is 243 g/mol. The lowest BCUT2D eigenvalue weighted by atomic mass is 10.1. The fourth-order valence-corrected chi connectivity index (χ4v) is 1.70. The molecule has 2 aromatic rings. The number of nitrogens with two attached hydrogens (primary N) is 1. The smallest absolute Gasteiger partial charge is 0.122 e. The molecule has 0 saturated heterocycles. The van der Waals surface area contributed by atoms with Crippen LogP contribution in [-0.2, 0) is 0 Å². The van der Waals surface area contributed by atoms with Crippen LogP contribution in [0.5, 0.6) is 5.75 Å². The van der Waals surface area contributed by atoms with Crippen molar-refractivity contribution in [3.63, 3.8) is 0 Å². The van der Waals surface area contributed by atoms with Gasteiger partial charge in [0.15, 0.2) is 0 Å². The fraction of sp³-hybridized carbons (Fsp3) is 0.200. The number of aliphatic hydroxyl groups excluding tert-OH is 1. The van der Waals surface area contributed by atoms with Crippen LogP contribution in [0.3, 0.4) is 0 Å². The minimum absolute atomic E-state index is 0.231. The van der Waals surface area contributed by atoms with Gasteiger partial charge in [-0.25, -0.2) is 0 Å². The van der Waals surface area contributed by atoms with E-state index < -0.39 is 6.10 Å². The van der Waals surface area contributed by atoms with Crippen molar-refractivity contribution in [1.29, 1.82) is 0 Å². The number of nitrogen functional groups attached to an aromatic ring is 1. The van der Waals surface area contributed by atoms with E-state index in [1.54, 1.807) is 24.3 Å². The summed E-state index contributed by atoms with van der Waals surface area (Å²) in [6.07, 6.45) is -0.648. The second kappa shape index (κ2) is 5.56. The Morgan fingerprint density at radius 3 is 2.44 bits per heavy atom. The Kier molecular flexibility index (Phi) is 3.85. The van der Waals surface area contributed by atoms with Crippen LogP contribution in [0, 0.1) is 6.92 Å². The van der Waals surface area contributed by atoms with Gasteiger partial charge >= 0.3 is 0 Å². The highest BCUT2D eigenvalue weighted by Crippen LogP contribution is 2.20. The molecule has 3 heteroatoms. The van der Waals surface area contributed by atoms with Crippen LogP contribution in [0.4, 0.5) is 5.69 Å². The Labute approximate surface area is 107 Å². The summed E-state index contributed by atoms with van der Waals surface area (Å²) in [5.41, 5.74) is 8.15. The first-order valence-electron chi connectivity index (χ1n) is 5.89. The van der Waals surface area contributed by atoms with E-state index in [-0.39, 0.29) is 6.61 Å². The Hall–Kier alpha value is -2.00. The summed E-state index contributed by atoms with van der Waals surface area (Å²) in [6.45, 7) is 2.21. The van der Waals surface area contributed by atoms with E-state index in [0.29, 0.717) is 5.69 Å². The van der Waals surface area contributed by atoms with Crippen molar-refractivity contribution in [2.75, 3.05) is 12.3 Å². The fourth-order valence-electron chi connectivity index (χ4n) is 1.70. The maximum Gasteiger partial charge on any atom is 0.122 e. The van der Waals surface area contributed by atoms with E-state index in [1.165, 1.54) is 0 Å². The molecular formula is C15H17NO2. The first-order chi connectivity index (χ1) is 8.66. The number of rotatable bonds is 4. The Balaban J connectivity index is 1.98. The lowest BCUT2D eigenvalue weighted by molar-refractivity contribution is 0.108. The molecule has 2 rings (SSSR count). The largest absolute Gasteiger partial charge is 0.490 e. The predicted octanol–water partition coefficient (Wildman–Crippen LogP) is 2.69. The standard InChI is InChI=1S/C15H17NO2/c1-11-4-2-3-5-15(11)18-10-14(17)12-6-8-13(16)9-7-12/h2-9,14,17H,10,16H2,1H3. The van der Waals surface area contributed by atoms with Gasteiger partial charge < -0.3 is 15.6 Å². The third-order valence-corrected chi connectivity index (χ3v) is 2.81. The first-order valence-corrected chi connectivity index (χ1v) is 5.89. The second-order valence-corrected chi connectivity index (χ2v) is 4.26. The molecule has 0 radical (unpaired) electrons. The molecule has 0 saturated carbocycles. The van der Waals surface area contributed by atoms with Crippen LogP contribution >= 0.6 is 0 Å². The summed E-state index contributed by atoms with van der Waals surface area (Å²) in [5.74, 6) is 0.798. The minimum Gasteiger partial charge on any atom is -0.490 e. The molecule has 0 aliphatic carbocycles. The van der Waals surface area contributed by atoms with Crippen molar-refractivity contribution in [3.05, 3.63) is 59.7 Å². The van der Waals surface area contributed by atoms with Gasteiger partial charge in [0, 0.05) is 5.69 Å². The first kappa shape index (κ1) is 12.5. The predicted molar refractivity (Wildman–Crippen MR) is 72.5 cm³/mol. The van der Waals surface area contributed by atoms with Gasteiger partial charge in [0.05, 0.1) is 0 Å². The van der Waals surface area contributed by atoms with Gasteiger partial charge in [-0.05, 0) is 36.2 Å². The average Bonchev–Trinajstić information content (AvgIpc) is 2.38. The van der Waals surface area contributed by atoms with E-state index in [0.717, 1.165) is 16.9 Å². The SMILES string of the molecule is Cc1ccccc1OCC(O)c1ccc(N)cc1. The molecule has 3 nitrogen and oxygen atoms in total. The molecule has 1 unspecified atom stereocenters. The number of aryl methyl sites for hydroxylation is 1. The van der Waals surface area contributed by atoms with Crippen molar-refractivity contribution in [3.8, 4) is 5.75 Å². The van der Waals surface area contributed by atoms with Crippen LogP contribution in [0.2, 0.25) is 0 Å². The second-order valence-electron chi connectivity index (χ2n) is 4.26. The lowest BCUT2D eigenvalue weighted by Crippen LogP contribution is -2.10. The van der Waals surface area contributed by atoms with Gasteiger partial charge in [-0.1, -0.05) is 30.3 Å². The van der Waals surface area contributed by atoms with E-state index in [2.05, 4.69) is 0 Å². The molecule has 94 valence electrons. The quantitative estimate of drug-likeness (QED) is 0.812. The highest BCUT2D eigenvalue weighted by Gasteiger charge is 2.08. The van der Waals surface area contributed by atoms with E-state index in [4.69, 9.17) is 10.5 Å². The van der Waals surface area contributed by atoms with Gasteiger partial charge in [0.1, 0.15) is 18.5 Å². The molecule has 0 aliphatic heterocycles. The number of benzene rings is 2. The van der Waals surface area contributed by atoms with Crippen molar-refractivity contribution in [2.45, 2.75) is 13.0 Å². The maximum absolute atomic E-state index is 10.00. The third kappa shape index (κ3) is 3.02. The molecule has 0 bridgehead atoms. The summed E-state index contributed by atoms with van der Waals surface area (Å²) < 4.78 is 5.60. The Morgan fingerprint density at radius 2 is 1.78 bits per heavy atom. The molecule has 0 aromatic heterocycles. The van der Waals surface area contributed by atoms with E-state index in [9.17, 15) is 5.11 Å². The van der Waals surface area contributed by atoms with Crippen molar-refractivity contribution >= 4 is 5.69 Å². The van der Waals surface area contributed by atoms with Gasteiger partial charge in [-0.3, -0.25) is 0 Å². The number of anilines is 1. The Bertz CT molecular complexity index is 508. The summed E-state index contributed by atoms with van der Waals surface area (Å²) in [6, 6.07) is 14.9. The van der Waals surface area contributed by atoms with Gasteiger partial charge in [-0.15, -0.1) is 0 Å². The molecular weight excluding hydrogens is 226 g/mol. The molecule has 0 aliphatic rings. The molecule has 0 spiro atoms. The summed E-state index contributed by atoms with van der Waals surface area (Å²) in [7, 11) is 0. The number of ether oxygens (including phenoxy) is 1. The number of para-hydroxylation sites is 1. The van der Waals surface area contributed by atoms with Crippen LogP contribution in [0.25, 0.3) is 0 Å².